The molecule has 2 aromatic rings. The van der Waals surface area contributed by atoms with Crippen molar-refractivity contribution in [3.63, 3.8) is 0 Å². The van der Waals surface area contributed by atoms with E-state index in [-0.39, 0.29) is 12.7 Å². The number of cyclic esters (lactones) is 1. The molecule has 0 aromatic heterocycles. The number of hydrogen-bond acceptors (Lipinski definition) is 5. The zero-order valence-electron chi connectivity index (χ0n) is 13.7. The van der Waals surface area contributed by atoms with E-state index in [9.17, 15) is 9.59 Å². The van der Waals surface area contributed by atoms with Gasteiger partial charge in [0.05, 0.1) is 5.56 Å². The van der Waals surface area contributed by atoms with Crippen molar-refractivity contribution in [3.8, 4) is 11.5 Å². The molecule has 6 nitrogen and oxygen atoms in total. The van der Waals surface area contributed by atoms with Crippen molar-refractivity contribution in [1.82, 2.24) is 4.90 Å². The average Bonchev–Trinajstić information content (AvgIpc) is 3.08. The van der Waals surface area contributed by atoms with Crippen LogP contribution in [0.4, 0.5) is 0 Å². The van der Waals surface area contributed by atoms with Crippen molar-refractivity contribution in [2.24, 2.45) is 0 Å². The van der Waals surface area contributed by atoms with Crippen molar-refractivity contribution in [1.29, 1.82) is 0 Å². The summed E-state index contributed by atoms with van der Waals surface area (Å²) < 4.78 is 16.0. The molecule has 0 fully saturated rings. The summed E-state index contributed by atoms with van der Waals surface area (Å²) in [6.07, 6.45) is -0.395. The fourth-order valence-corrected chi connectivity index (χ4v) is 3.11. The van der Waals surface area contributed by atoms with Crippen LogP contribution in [0, 0.1) is 0 Å². The fourth-order valence-electron chi connectivity index (χ4n) is 3.11. The van der Waals surface area contributed by atoms with Crippen LogP contribution in [0.25, 0.3) is 0 Å². The number of nitrogens with zero attached hydrogens (tertiary/aromatic N) is 1. The molecule has 2 aliphatic rings. The van der Waals surface area contributed by atoms with Gasteiger partial charge in [-0.3, -0.25) is 4.79 Å². The highest BCUT2D eigenvalue weighted by Crippen LogP contribution is 2.32. The predicted molar refractivity (Wildman–Crippen MR) is 88.4 cm³/mol. The third-order valence-electron chi connectivity index (χ3n) is 4.40. The molecule has 0 saturated carbocycles. The molecule has 0 radical (unpaired) electrons. The average molecular weight is 339 g/mol. The highest BCUT2D eigenvalue weighted by Gasteiger charge is 2.32. The third kappa shape index (κ3) is 2.91. The maximum Gasteiger partial charge on any atom is 0.339 e. The van der Waals surface area contributed by atoms with Gasteiger partial charge in [-0.05, 0) is 29.3 Å². The Morgan fingerprint density at radius 3 is 2.84 bits per heavy atom. The lowest BCUT2D eigenvalue weighted by Crippen LogP contribution is -2.42. The predicted octanol–water partition coefficient (Wildman–Crippen LogP) is 2.16. The number of fused-ring (bicyclic) bond motifs is 2. The molecule has 2 heterocycles. The lowest BCUT2D eigenvalue weighted by atomic mass is 9.98. The Labute approximate surface area is 144 Å². The van der Waals surface area contributed by atoms with Gasteiger partial charge in [-0.15, -0.1) is 0 Å². The Bertz CT molecular complexity index is 847. The molecule has 6 heteroatoms. The van der Waals surface area contributed by atoms with Gasteiger partial charge in [-0.2, -0.15) is 0 Å². The maximum atomic E-state index is 12.7. The highest BCUT2D eigenvalue weighted by atomic mass is 16.7. The largest absolute Gasteiger partial charge is 0.454 e. The minimum absolute atomic E-state index is 0.213. The van der Waals surface area contributed by atoms with Crippen molar-refractivity contribution in [2.45, 2.75) is 19.1 Å². The number of carbonyl (C=O) groups is 2. The second kappa shape index (κ2) is 6.12. The van der Waals surface area contributed by atoms with E-state index >= 15 is 0 Å². The second-order valence-electron chi connectivity index (χ2n) is 6.14. The van der Waals surface area contributed by atoms with E-state index < -0.39 is 12.1 Å². The van der Waals surface area contributed by atoms with Gasteiger partial charge >= 0.3 is 5.97 Å². The number of carbonyl (C=O) groups excluding carboxylic acids is 2. The summed E-state index contributed by atoms with van der Waals surface area (Å²) in [7, 11) is 1.70. The number of amides is 1. The van der Waals surface area contributed by atoms with E-state index in [1.807, 2.05) is 30.3 Å². The number of benzene rings is 2. The van der Waals surface area contributed by atoms with Crippen molar-refractivity contribution in [2.75, 3.05) is 13.8 Å². The molecular weight excluding hydrogens is 322 g/mol. The molecule has 1 amide bonds. The SMILES string of the molecule is CN(Cc1ccc2c(c1)OCO2)C(=O)[C@H]1Cc2ccccc2C(=O)O1. The van der Waals surface area contributed by atoms with Gasteiger partial charge in [0.1, 0.15) is 0 Å². The lowest BCUT2D eigenvalue weighted by molar-refractivity contribution is -0.140. The molecule has 0 spiro atoms. The number of likely N-dealkylation sites (N-methyl/N-ethyl adjacent to an activating group) is 1. The van der Waals surface area contributed by atoms with Crippen LogP contribution in [0.1, 0.15) is 21.5 Å². The third-order valence-corrected chi connectivity index (χ3v) is 4.40. The van der Waals surface area contributed by atoms with Crippen LogP contribution in [-0.2, 0) is 22.5 Å². The first-order valence-electron chi connectivity index (χ1n) is 8.04. The minimum Gasteiger partial charge on any atom is -0.454 e. The Balaban J connectivity index is 1.47. The molecule has 0 saturated heterocycles. The molecule has 0 N–H and O–H groups in total. The standard InChI is InChI=1S/C19H17NO5/c1-20(10-12-6-7-15-16(8-12)24-11-23-15)18(21)17-9-13-4-2-3-5-14(13)19(22)25-17/h2-8,17H,9-11H2,1H3/t17-/m1/s1. The molecule has 4 rings (SSSR count). The molecular formula is C19H17NO5. The van der Waals surface area contributed by atoms with E-state index in [1.165, 1.54) is 0 Å². The van der Waals surface area contributed by atoms with Crippen molar-refractivity contribution in [3.05, 3.63) is 59.2 Å². The smallest absolute Gasteiger partial charge is 0.339 e. The highest BCUT2D eigenvalue weighted by molar-refractivity contribution is 5.95. The Kier molecular flexibility index (Phi) is 3.80. The summed E-state index contributed by atoms with van der Waals surface area (Å²) in [4.78, 5) is 26.3. The number of rotatable bonds is 3. The maximum absolute atomic E-state index is 12.7. The normalized spacial score (nSPS) is 17.6. The summed E-state index contributed by atoms with van der Waals surface area (Å²) in [5.74, 6) is 0.712. The summed E-state index contributed by atoms with van der Waals surface area (Å²) in [6, 6.07) is 12.8. The first-order valence-corrected chi connectivity index (χ1v) is 8.04. The second-order valence-corrected chi connectivity index (χ2v) is 6.14. The van der Waals surface area contributed by atoms with E-state index in [4.69, 9.17) is 14.2 Å². The van der Waals surface area contributed by atoms with Crippen LogP contribution in [0.5, 0.6) is 11.5 Å². The summed E-state index contributed by atoms with van der Waals surface area (Å²) in [6.45, 7) is 0.607. The van der Waals surface area contributed by atoms with Gasteiger partial charge in [-0.1, -0.05) is 24.3 Å². The first kappa shape index (κ1) is 15.5. The van der Waals surface area contributed by atoms with Gasteiger partial charge in [0.2, 0.25) is 6.79 Å². The minimum atomic E-state index is -0.790. The number of esters is 1. The molecule has 25 heavy (non-hydrogen) atoms. The first-order chi connectivity index (χ1) is 12.1. The molecule has 0 bridgehead atoms. The van der Waals surface area contributed by atoms with Gasteiger partial charge in [0.25, 0.3) is 5.91 Å². The monoisotopic (exact) mass is 339 g/mol. The van der Waals surface area contributed by atoms with Crippen LogP contribution in [-0.4, -0.2) is 36.7 Å². The van der Waals surface area contributed by atoms with Crippen LogP contribution >= 0.6 is 0 Å². The van der Waals surface area contributed by atoms with Crippen LogP contribution in [0.2, 0.25) is 0 Å². The zero-order chi connectivity index (χ0) is 17.4. The van der Waals surface area contributed by atoms with E-state index in [0.717, 1.165) is 11.1 Å². The fraction of sp³-hybridized carbons (Fsp3) is 0.263. The van der Waals surface area contributed by atoms with Crippen molar-refractivity contribution < 1.29 is 23.8 Å². The summed E-state index contributed by atoms with van der Waals surface area (Å²) in [5, 5.41) is 0. The van der Waals surface area contributed by atoms with Crippen molar-refractivity contribution >= 4 is 11.9 Å². The van der Waals surface area contributed by atoms with E-state index in [1.54, 1.807) is 24.1 Å². The Morgan fingerprint density at radius 2 is 1.96 bits per heavy atom. The molecule has 1 atom stereocenters. The van der Waals surface area contributed by atoms with Gasteiger partial charge in [0.15, 0.2) is 17.6 Å². The zero-order valence-corrected chi connectivity index (χ0v) is 13.7. The van der Waals surface area contributed by atoms with E-state index in [0.29, 0.717) is 30.0 Å². The summed E-state index contributed by atoms with van der Waals surface area (Å²) in [5.41, 5.74) is 2.29. The molecule has 0 aliphatic carbocycles. The van der Waals surface area contributed by atoms with Gasteiger partial charge in [-0.25, -0.2) is 4.79 Å². The molecule has 0 unspecified atom stereocenters. The molecule has 128 valence electrons. The van der Waals surface area contributed by atoms with E-state index in [2.05, 4.69) is 0 Å². The van der Waals surface area contributed by atoms with Crippen LogP contribution in [0.3, 0.4) is 0 Å². The topological polar surface area (TPSA) is 65.1 Å². The van der Waals surface area contributed by atoms with Gasteiger partial charge in [0, 0.05) is 20.0 Å². The summed E-state index contributed by atoms with van der Waals surface area (Å²) >= 11 is 0. The Hall–Kier alpha value is -3.02. The number of hydrogen-bond donors (Lipinski definition) is 0. The molecule has 2 aromatic carbocycles. The van der Waals surface area contributed by atoms with Gasteiger partial charge < -0.3 is 19.1 Å². The van der Waals surface area contributed by atoms with Crippen LogP contribution < -0.4 is 9.47 Å². The van der Waals surface area contributed by atoms with Crippen LogP contribution in [0.15, 0.2) is 42.5 Å². The number of ether oxygens (including phenoxy) is 3. The Morgan fingerprint density at radius 1 is 1.16 bits per heavy atom. The molecule has 2 aliphatic heterocycles. The quantitative estimate of drug-likeness (QED) is 0.802. The lowest BCUT2D eigenvalue weighted by Gasteiger charge is -2.27.